The molecule has 0 radical (unpaired) electrons. The predicted molar refractivity (Wildman–Crippen MR) is 88.8 cm³/mol. The minimum absolute atomic E-state index is 0.0699. The number of benzene rings is 2. The molecule has 0 spiro atoms. The van der Waals surface area contributed by atoms with Crippen molar-refractivity contribution in [1.29, 1.82) is 0 Å². The van der Waals surface area contributed by atoms with Crippen molar-refractivity contribution in [1.82, 2.24) is 5.32 Å². The summed E-state index contributed by atoms with van der Waals surface area (Å²) in [5.74, 6) is -0.451. The fourth-order valence-corrected chi connectivity index (χ4v) is 2.09. The van der Waals surface area contributed by atoms with E-state index in [9.17, 15) is 9.18 Å². The molecule has 3 N–H and O–H groups in total. The van der Waals surface area contributed by atoms with Crippen LogP contribution in [0.3, 0.4) is 0 Å². The normalized spacial score (nSPS) is 11.8. The van der Waals surface area contributed by atoms with Gasteiger partial charge in [-0.25, -0.2) is 4.39 Å². The van der Waals surface area contributed by atoms with E-state index >= 15 is 0 Å². The summed E-state index contributed by atoms with van der Waals surface area (Å²) in [4.78, 5) is 12.0. The Hall–Kier alpha value is -2.40. The first-order valence-corrected chi connectivity index (χ1v) is 7.62. The second kappa shape index (κ2) is 8.29. The van der Waals surface area contributed by atoms with Crippen molar-refractivity contribution in [3.63, 3.8) is 0 Å². The van der Waals surface area contributed by atoms with Crippen LogP contribution in [0.5, 0.6) is 0 Å². The van der Waals surface area contributed by atoms with Crippen LogP contribution < -0.4 is 10.6 Å². The van der Waals surface area contributed by atoms with Crippen LogP contribution in [-0.4, -0.2) is 23.7 Å². The zero-order chi connectivity index (χ0) is 16.7. The monoisotopic (exact) mass is 316 g/mol. The highest BCUT2D eigenvalue weighted by molar-refractivity contribution is 5.94. The maximum Gasteiger partial charge on any atom is 0.251 e. The number of anilines is 1. The molecular weight excluding hydrogens is 295 g/mol. The number of carbonyl (C=O) groups is 1. The number of halogens is 1. The van der Waals surface area contributed by atoms with Gasteiger partial charge in [-0.1, -0.05) is 19.1 Å². The first-order valence-electron chi connectivity index (χ1n) is 7.62. The van der Waals surface area contributed by atoms with E-state index in [1.165, 1.54) is 12.1 Å². The van der Waals surface area contributed by atoms with E-state index in [1.807, 2.05) is 19.1 Å². The van der Waals surface area contributed by atoms with Crippen LogP contribution in [0.1, 0.15) is 29.3 Å². The lowest BCUT2D eigenvalue weighted by Gasteiger charge is -2.14. The molecule has 0 heterocycles. The molecule has 0 fully saturated rings. The number of rotatable bonds is 7. The number of hydrogen-bond donors (Lipinski definition) is 3. The molecule has 0 aliphatic heterocycles. The Morgan fingerprint density at radius 1 is 1.13 bits per heavy atom. The molecule has 0 aromatic heterocycles. The summed E-state index contributed by atoms with van der Waals surface area (Å²) in [6, 6.07) is 13.2. The third-order valence-corrected chi connectivity index (χ3v) is 3.61. The van der Waals surface area contributed by atoms with Gasteiger partial charge in [0.2, 0.25) is 0 Å². The van der Waals surface area contributed by atoms with Crippen LogP contribution in [0.25, 0.3) is 0 Å². The summed E-state index contributed by atoms with van der Waals surface area (Å²) in [5, 5.41) is 15.1. The van der Waals surface area contributed by atoms with Crippen LogP contribution in [0, 0.1) is 5.82 Å². The van der Waals surface area contributed by atoms with Crippen LogP contribution in [0.4, 0.5) is 10.1 Å². The van der Waals surface area contributed by atoms with Gasteiger partial charge in [-0.3, -0.25) is 4.79 Å². The molecule has 0 bridgehead atoms. The standard InChI is InChI=1S/C18H21FN2O2/c1-2-16(12-22)21-18(23)14-5-9-17(10-6-14)20-11-13-3-7-15(19)8-4-13/h3-10,16,20,22H,2,11-12H2,1H3,(H,21,23). The van der Waals surface area contributed by atoms with Gasteiger partial charge >= 0.3 is 0 Å². The molecule has 1 amide bonds. The molecule has 122 valence electrons. The minimum Gasteiger partial charge on any atom is -0.394 e. The van der Waals surface area contributed by atoms with Gasteiger partial charge < -0.3 is 15.7 Å². The lowest BCUT2D eigenvalue weighted by atomic mass is 10.1. The topological polar surface area (TPSA) is 61.4 Å². The number of carbonyl (C=O) groups excluding carboxylic acids is 1. The summed E-state index contributed by atoms with van der Waals surface area (Å²) in [6.45, 7) is 2.41. The van der Waals surface area contributed by atoms with Crippen LogP contribution >= 0.6 is 0 Å². The van der Waals surface area contributed by atoms with Gasteiger partial charge in [0, 0.05) is 17.8 Å². The molecule has 0 aliphatic carbocycles. The van der Waals surface area contributed by atoms with Gasteiger partial charge in [-0.2, -0.15) is 0 Å². The molecule has 0 aliphatic rings. The molecule has 23 heavy (non-hydrogen) atoms. The van der Waals surface area contributed by atoms with E-state index in [4.69, 9.17) is 5.11 Å². The van der Waals surface area contributed by atoms with Crippen LogP contribution in [0.2, 0.25) is 0 Å². The SMILES string of the molecule is CCC(CO)NC(=O)c1ccc(NCc2ccc(F)cc2)cc1. The third-order valence-electron chi connectivity index (χ3n) is 3.61. The summed E-state index contributed by atoms with van der Waals surface area (Å²) in [7, 11) is 0. The lowest BCUT2D eigenvalue weighted by Crippen LogP contribution is -2.36. The van der Waals surface area contributed by atoms with E-state index < -0.39 is 0 Å². The van der Waals surface area contributed by atoms with Crippen molar-refractivity contribution >= 4 is 11.6 Å². The maximum atomic E-state index is 12.8. The molecular formula is C18H21FN2O2. The number of hydrogen-bond acceptors (Lipinski definition) is 3. The molecule has 2 aromatic rings. The Labute approximate surface area is 135 Å². The van der Waals surface area contributed by atoms with Crippen LogP contribution in [-0.2, 0) is 6.54 Å². The highest BCUT2D eigenvalue weighted by Gasteiger charge is 2.10. The van der Waals surface area contributed by atoms with Crippen molar-refractivity contribution in [2.24, 2.45) is 0 Å². The Bertz CT molecular complexity index is 622. The molecule has 4 nitrogen and oxygen atoms in total. The summed E-state index contributed by atoms with van der Waals surface area (Å²) >= 11 is 0. The third kappa shape index (κ3) is 5.07. The quantitative estimate of drug-likeness (QED) is 0.736. The van der Waals surface area contributed by atoms with Crippen molar-refractivity contribution in [3.8, 4) is 0 Å². The number of aliphatic hydroxyl groups is 1. The first-order chi connectivity index (χ1) is 11.1. The van der Waals surface area contributed by atoms with Gasteiger partial charge in [0.25, 0.3) is 5.91 Å². The molecule has 1 atom stereocenters. The van der Waals surface area contributed by atoms with Gasteiger partial charge in [-0.15, -0.1) is 0 Å². The second-order valence-corrected chi connectivity index (χ2v) is 5.32. The van der Waals surface area contributed by atoms with Gasteiger partial charge in [-0.05, 0) is 48.4 Å². The summed E-state index contributed by atoms with van der Waals surface area (Å²) < 4.78 is 12.8. The predicted octanol–water partition coefficient (Wildman–Crippen LogP) is 2.94. The molecule has 0 saturated heterocycles. The second-order valence-electron chi connectivity index (χ2n) is 5.32. The number of nitrogens with one attached hydrogen (secondary N) is 2. The van der Waals surface area contributed by atoms with Crippen molar-refractivity contribution in [3.05, 3.63) is 65.5 Å². The van der Waals surface area contributed by atoms with Crippen LogP contribution in [0.15, 0.2) is 48.5 Å². The van der Waals surface area contributed by atoms with Crippen molar-refractivity contribution < 1.29 is 14.3 Å². The molecule has 5 heteroatoms. The fourth-order valence-electron chi connectivity index (χ4n) is 2.09. The zero-order valence-corrected chi connectivity index (χ0v) is 13.1. The fraction of sp³-hybridized carbons (Fsp3) is 0.278. The molecule has 1 unspecified atom stereocenters. The Kier molecular flexibility index (Phi) is 6.11. The highest BCUT2D eigenvalue weighted by atomic mass is 19.1. The molecule has 0 saturated carbocycles. The number of amides is 1. The average Bonchev–Trinajstić information content (AvgIpc) is 2.59. The van der Waals surface area contributed by atoms with Crippen molar-refractivity contribution in [2.75, 3.05) is 11.9 Å². The highest BCUT2D eigenvalue weighted by Crippen LogP contribution is 2.12. The van der Waals surface area contributed by atoms with Gasteiger partial charge in [0.05, 0.1) is 12.6 Å². The van der Waals surface area contributed by atoms with E-state index in [1.54, 1.807) is 24.3 Å². The summed E-state index contributed by atoms with van der Waals surface area (Å²) in [5.41, 5.74) is 2.39. The van der Waals surface area contributed by atoms with Crippen molar-refractivity contribution in [2.45, 2.75) is 25.9 Å². The average molecular weight is 316 g/mol. The molecule has 2 rings (SSSR count). The Morgan fingerprint density at radius 3 is 2.35 bits per heavy atom. The largest absolute Gasteiger partial charge is 0.394 e. The van der Waals surface area contributed by atoms with E-state index in [0.29, 0.717) is 18.5 Å². The van der Waals surface area contributed by atoms with Gasteiger partial charge in [0.15, 0.2) is 0 Å². The lowest BCUT2D eigenvalue weighted by molar-refractivity contribution is 0.0915. The minimum atomic E-state index is -0.252. The first kappa shape index (κ1) is 17.0. The summed E-state index contributed by atoms with van der Waals surface area (Å²) in [6.07, 6.45) is 0.680. The molecule has 2 aromatic carbocycles. The zero-order valence-electron chi connectivity index (χ0n) is 13.1. The smallest absolute Gasteiger partial charge is 0.251 e. The van der Waals surface area contributed by atoms with Gasteiger partial charge in [0.1, 0.15) is 5.82 Å². The van der Waals surface area contributed by atoms with E-state index in [-0.39, 0.29) is 24.4 Å². The maximum absolute atomic E-state index is 12.8. The van der Waals surface area contributed by atoms with E-state index in [2.05, 4.69) is 10.6 Å². The number of aliphatic hydroxyl groups excluding tert-OH is 1. The Balaban J connectivity index is 1.91. The van der Waals surface area contributed by atoms with E-state index in [0.717, 1.165) is 11.3 Å². The Morgan fingerprint density at radius 2 is 1.78 bits per heavy atom.